The zero-order chi connectivity index (χ0) is 16.9. The van der Waals surface area contributed by atoms with Gasteiger partial charge in [0.25, 0.3) is 5.91 Å². The molecule has 0 radical (unpaired) electrons. The van der Waals surface area contributed by atoms with Crippen LogP contribution in [0.15, 0.2) is 12.1 Å². The molecule has 1 aromatic heterocycles. The van der Waals surface area contributed by atoms with Crippen molar-refractivity contribution in [2.24, 2.45) is 0 Å². The van der Waals surface area contributed by atoms with Gasteiger partial charge in [-0.25, -0.2) is 0 Å². The van der Waals surface area contributed by atoms with E-state index in [-0.39, 0.29) is 5.91 Å². The molecule has 7 heteroatoms. The minimum Gasteiger partial charge on any atom is -0.355 e. The smallest absolute Gasteiger partial charge is 0.271 e. The molecule has 1 N–H and O–H groups in total. The summed E-state index contributed by atoms with van der Waals surface area (Å²) in [6, 6.07) is 4.01. The Kier molecular flexibility index (Phi) is 5.63. The van der Waals surface area contributed by atoms with Crippen LogP contribution in [0.3, 0.4) is 0 Å². The van der Waals surface area contributed by atoms with E-state index in [4.69, 9.17) is 0 Å². The number of carbonyl (C=O) groups is 1. The monoisotopic (exact) mass is 332 g/mol. The van der Waals surface area contributed by atoms with Gasteiger partial charge < -0.3 is 15.1 Å². The second-order valence-electron chi connectivity index (χ2n) is 6.87. The van der Waals surface area contributed by atoms with Crippen LogP contribution in [-0.4, -0.2) is 84.8 Å². The Hall–Kier alpha value is -1.73. The lowest BCUT2D eigenvalue weighted by Crippen LogP contribution is -2.51. The van der Waals surface area contributed by atoms with E-state index in [1.165, 1.54) is 12.8 Å². The molecule has 2 fully saturated rings. The average Bonchev–Trinajstić information content (AvgIpc) is 3.15. The summed E-state index contributed by atoms with van der Waals surface area (Å²) in [5, 5.41) is 11.3. The first-order chi connectivity index (χ1) is 11.6. The third-order valence-corrected chi connectivity index (χ3v) is 5.03. The lowest BCUT2D eigenvalue weighted by molar-refractivity contribution is 0.0898. The summed E-state index contributed by atoms with van der Waals surface area (Å²) in [5.41, 5.74) is 0.392. The van der Waals surface area contributed by atoms with E-state index in [9.17, 15) is 4.79 Å². The lowest BCUT2D eigenvalue weighted by Gasteiger charge is -2.36. The highest BCUT2D eigenvalue weighted by molar-refractivity contribution is 5.92. The molecule has 7 nitrogen and oxygen atoms in total. The van der Waals surface area contributed by atoms with Crippen molar-refractivity contribution in [2.45, 2.75) is 25.8 Å². The summed E-state index contributed by atoms with van der Waals surface area (Å²) in [6.07, 6.45) is 2.40. The first kappa shape index (κ1) is 17.1. The van der Waals surface area contributed by atoms with E-state index in [1.807, 2.05) is 6.07 Å². The van der Waals surface area contributed by atoms with Gasteiger partial charge in [0.2, 0.25) is 0 Å². The molecule has 2 aliphatic heterocycles. The molecule has 0 aliphatic carbocycles. The Labute approximate surface area is 144 Å². The number of nitrogens with one attached hydrogen (secondary N) is 1. The maximum Gasteiger partial charge on any atom is 0.271 e. The molecule has 132 valence electrons. The average molecular weight is 332 g/mol. The number of piperazine rings is 1. The number of likely N-dealkylation sites (N-methyl/N-ethyl adjacent to an activating group) is 1. The molecule has 3 heterocycles. The normalized spacial score (nSPS) is 21.0. The van der Waals surface area contributed by atoms with E-state index in [0.29, 0.717) is 18.3 Å². The number of rotatable bonds is 5. The Morgan fingerprint density at radius 2 is 1.83 bits per heavy atom. The van der Waals surface area contributed by atoms with Gasteiger partial charge in [-0.1, -0.05) is 0 Å². The molecule has 1 amide bonds. The highest BCUT2D eigenvalue weighted by atomic mass is 16.1. The third kappa shape index (κ3) is 4.21. The topological polar surface area (TPSA) is 64.6 Å². The van der Waals surface area contributed by atoms with E-state index < -0.39 is 0 Å². The van der Waals surface area contributed by atoms with Gasteiger partial charge in [0.15, 0.2) is 11.5 Å². The van der Waals surface area contributed by atoms with Crippen molar-refractivity contribution in [3.05, 3.63) is 17.8 Å². The van der Waals surface area contributed by atoms with E-state index in [0.717, 1.165) is 45.1 Å². The van der Waals surface area contributed by atoms with Crippen molar-refractivity contribution in [3.8, 4) is 0 Å². The number of amides is 1. The van der Waals surface area contributed by atoms with Gasteiger partial charge in [-0.05, 0) is 38.9 Å². The molecule has 0 aromatic carbocycles. The minimum absolute atomic E-state index is 0.142. The summed E-state index contributed by atoms with van der Waals surface area (Å²) in [4.78, 5) is 19.2. The number of hydrogen-bond acceptors (Lipinski definition) is 6. The summed E-state index contributed by atoms with van der Waals surface area (Å²) in [7, 11) is 2.15. The van der Waals surface area contributed by atoms with Crippen LogP contribution in [0.2, 0.25) is 0 Å². The molecular weight excluding hydrogens is 304 g/mol. The first-order valence-corrected chi connectivity index (χ1v) is 8.93. The number of nitrogens with zero attached hydrogens (tertiary/aromatic N) is 5. The fourth-order valence-electron chi connectivity index (χ4n) is 3.28. The molecule has 0 bridgehead atoms. The number of aromatic nitrogens is 2. The van der Waals surface area contributed by atoms with Gasteiger partial charge >= 0.3 is 0 Å². The van der Waals surface area contributed by atoms with Crippen molar-refractivity contribution >= 4 is 11.7 Å². The van der Waals surface area contributed by atoms with Crippen LogP contribution in [0, 0.1) is 0 Å². The molecule has 0 saturated carbocycles. The lowest BCUT2D eigenvalue weighted by atomic mass is 10.2. The van der Waals surface area contributed by atoms with Gasteiger partial charge in [-0.2, -0.15) is 0 Å². The van der Waals surface area contributed by atoms with E-state index in [1.54, 1.807) is 6.07 Å². The Balaban J connectivity index is 1.47. The second-order valence-corrected chi connectivity index (χ2v) is 6.87. The van der Waals surface area contributed by atoms with Crippen LogP contribution in [0.5, 0.6) is 0 Å². The molecule has 3 rings (SSSR count). The highest BCUT2D eigenvalue weighted by Crippen LogP contribution is 2.16. The Morgan fingerprint density at radius 3 is 2.46 bits per heavy atom. The van der Waals surface area contributed by atoms with Crippen LogP contribution in [-0.2, 0) is 0 Å². The predicted molar refractivity (Wildman–Crippen MR) is 94.3 cm³/mol. The summed E-state index contributed by atoms with van der Waals surface area (Å²) in [6.45, 7) is 9.14. The fourth-order valence-corrected chi connectivity index (χ4v) is 3.28. The zero-order valence-corrected chi connectivity index (χ0v) is 14.7. The van der Waals surface area contributed by atoms with E-state index in [2.05, 4.69) is 44.2 Å². The quantitative estimate of drug-likeness (QED) is 0.844. The van der Waals surface area contributed by atoms with Crippen molar-refractivity contribution in [3.63, 3.8) is 0 Å². The maximum atomic E-state index is 12.3. The zero-order valence-electron chi connectivity index (χ0n) is 14.7. The van der Waals surface area contributed by atoms with Crippen LogP contribution in [0.25, 0.3) is 0 Å². The summed E-state index contributed by atoms with van der Waals surface area (Å²) in [5.74, 6) is 0.728. The van der Waals surface area contributed by atoms with E-state index >= 15 is 0 Å². The standard InChI is InChI=1S/C17H28N6O/c1-14(22-11-9-21(2)10-12-22)13-18-17(24)15-5-6-16(20-19-15)23-7-3-4-8-23/h5-6,14H,3-4,7-13H2,1-2H3,(H,18,24). The molecule has 0 spiro atoms. The minimum atomic E-state index is -0.142. The fraction of sp³-hybridized carbons (Fsp3) is 0.706. The molecule has 1 unspecified atom stereocenters. The van der Waals surface area contributed by atoms with Gasteiger partial charge in [0.1, 0.15) is 0 Å². The SMILES string of the molecule is CC(CNC(=O)c1ccc(N2CCCC2)nn1)N1CCN(C)CC1. The van der Waals surface area contributed by atoms with Gasteiger partial charge in [0.05, 0.1) is 0 Å². The first-order valence-electron chi connectivity index (χ1n) is 8.93. The van der Waals surface area contributed by atoms with Gasteiger partial charge in [-0.15, -0.1) is 10.2 Å². The molecular formula is C17H28N6O. The third-order valence-electron chi connectivity index (χ3n) is 5.03. The van der Waals surface area contributed by atoms with Crippen molar-refractivity contribution in [1.82, 2.24) is 25.3 Å². The van der Waals surface area contributed by atoms with Crippen LogP contribution in [0.1, 0.15) is 30.3 Å². The van der Waals surface area contributed by atoms with Crippen molar-refractivity contribution in [2.75, 3.05) is 57.8 Å². The molecule has 24 heavy (non-hydrogen) atoms. The Morgan fingerprint density at radius 1 is 1.12 bits per heavy atom. The Bertz CT molecular complexity index is 535. The maximum absolute atomic E-state index is 12.3. The van der Waals surface area contributed by atoms with Gasteiger partial charge in [-0.3, -0.25) is 9.69 Å². The van der Waals surface area contributed by atoms with Crippen molar-refractivity contribution in [1.29, 1.82) is 0 Å². The molecule has 1 aromatic rings. The number of carbonyl (C=O) groups excluding carboxylic acids is 1. The highest BCUT2D eigenvalue weighted by Gasteiger charge is 2.20. The number of hydrogen-bond donors (Lipinski definition) is 1. The summed E-state index contributed by atoms with van der Waals surface area (Å²) < 4.78 is 0. The predicted octanol–water partition coefficient (Wildman–Crippen LogP) is 0.443. The number of anilines is 1. The second kappa shape index (κ2) is 7.90. The van der Waals surface area contributed by atoms with Crippen molar-refractivity contribution < 1.29 is 4.79 Å². The molecule has 1 atom stereocenters. The van der Waals surface area contributed by atoms with Crippen LogP contribution in [0.4, 0.5) is 5.82 Å². The van der Waals surface area contributed by atoms with Crippen LogP contribution >= 0.6 is 0 Å². The molecule has 2 saturated heterocycles. The van der Waals surface area contributed by atoms with Gasteiger partial charge in [0, 0.05) is 51.9 Å². The van der Waals surface area contributed by atoms with Crippen LogP contribution < -0.4 is 10.2 Å². The molecule has 2 aliphatic rings. The largest absolute Gasteiger partial charge is 0.355 e. The summed E-state index contributed by atoms with van der Waals surface area (Å²) >= 11 is 0.